The van der Waals surface area contributed by atoms with Gasteiger partial charge >= 0.3 is 5.97 Å². The molecule has 0 unspecified atom stereocenters. The van der Waals surface area contributed by atoms with Gasteiger partial charge in [-0.2, -0.15) is 5.10 Å². The average molecular weight is 317 g/mol. The molecule has 0 radical (unpaired) electrons. The molecule has 0 saturated heterocycles. The molecule has 7 heteroatoms. The molecule has 1 N–H and O–H groups in total. The molecular formula is C16H19N3O4. The summed E-state index contributed by atoms with van der Waals surface area (Å²) in [6.07, 6.45) is 1.84. The molecule has 0 amide bonds. The molecule has 0 aliphatic carbocycles. The molecule has 0 aliphatic rings. The quantitative estimate of drug-likeness (QED) is 0.753. The van der Waals surface area contributed by atoms with Crippen molar-refractivity contribution in [1.82, 2.24) is 14.2 Å². The lowest BCUT2D eigenvalue weighted by molar-refractivity contribution is -0.137. The molecule has 0 aromatic carbocycles. The first-order valence-corrected chi connectivity index (χ1v) is 7.80. The predicted octanol–water partition coefficient (Wildman–Crippen LogP) is 2.23. The molecule has 7 nitrogen and oxygen atoms in total. The topological polar surface area (TPSA) is 89.7 Å². The van der Waals surface area contributed by atoms with Crippen LogP contribution < -0.4 is 5.56 Å². The minimum Gasteiger partial charge on any atom is -0.481 e. The van der Waals surface area contributed by atoms with Crippen molar-refractivity contribution < 1.29 is 14.3 Å². The molecule has 0 saturated carbocycles. The summed E-state index contributed by atoms with van der Waals surface area (Å²) in [6, 6.07) is 3.68. The van der Waals surface area contributed by atoms with Gasteiger partial charge in [0.05, 0.1) is 5.52 Å². The zero-order valence-electron chi connectivity index (χ0n) is 13.2. The van der Waals surface area contributed by atoms with Crippen LogP contribution in [0.1, 0.15) is 38.3 Å². The van der Waals surface area contributed by atoms with E-state index in [0.29, 0.717) is 30.5 Å². The van der Waals surface area contributed by atoms with Crippen LogP contribution >= 0.6 is 0 Å². The fraction of sp³-hybridized carbons (Fsp3) is 0.438. The average Bonchev–Trinajstić information content (AvgIpc) is 3.07. The van der Waals surface area contributed by atoms with Crippen LogP contribution in [-0.4, -0.2) is 25.3 Å². The lowest BCUT2D eigenvalue weighted by Crippen LogP contribution is -2.27. The Balaban J connectivity index is 2.13. The summed E-state index contributed by atoms with van der Waals surface area (Å²) in [4.78, 5) is 23.2. The number of carboxylic acid groups (broad SMARTS) is 1. The maximum absolute atomic E-state index is 12.6. The van der Waals surface area contributed by atoms with Crippen molar-refractivity contribution in [2.75, 3.05) is 0 Å². The number of aromatic nitrogens is 3. The lowest BCUT2D eigenvalue weighted by atomic mass is 10.3. The Bertz CT molecular complexity index is 932. The van der Waals surface area contributed by atoms with E-state index in [1.165, 1.54) is 4.68 Å². The Morgan fingerprint density at radius 2 is 2.04 bits per heavy atom. The summed E-state index contributed by atoms with van der Waals surface area (Å²) in [6.45, 7) is 4.28. The number of fused-ring (bicyclic) bond motifs is 3. The van der Waals surface area contributed by atoms with Crippen LogP contribution in [0.4, 0.5) is 0 Å². The van der Waals surface area contributed by atoms with Crippen molar-refractivity contribution in [3.63, 3.8) is 0 Å². The molecule has 0 fully saturated rings. The first-order valence-electron chi connectivity index (χ1n) is 7.80. The smallest absolute Gasteiger partial charge is 0.303 e. The van der Waals surface area contributed by atoms with Crippen LogP contribution in [0.5, 0.6) is 0 Å². The van der Waals surface area contributed by atoms with Gasteiger partial charge in [0.15, 0.2) is 5.58 Å². The highest BCUT2D eigenvalue weighted by Gasteiger charge is 2.16. The fourth-order valence-corrected chi connectivity index (χ4v) is 2.78. The Hall–Kier alpha value is -2.57. The third-order valence-corrected chi connectivity index (χ3v) is 3.91. The van der Waals surface area contributed by atoms with Crippen molar-refractivity contribution >= 4 is 22.6 Å². The predicted molar refractivity (Wildman–Crippen MR) is 84.8 cm³/mol. The lowest BCUT2D eigenvalue weighted by Gasteiger charge is -2.09. The van der Waals surface area contributed by atoms with Gasteiger partial charge in [0, 0.05) is 37.9 Å². The summed E-state index contributed by atoms with van der Waals surface area (Å²) in [5.41, 5.74) is 1.83. The van der Waals surface area contributed by atoms with E-state index < -0.39 is 5.97 Å². The molecule has 3 heterocycles. The van der Waals surface area contributed by atoms with E-state index >= 15 is 0 Å². The van der Waals surface area contributed by atoms with Gasteiger partial charge in [0.25, 0.3) is 5.56 Å². The van der Waals surface area contributed by atoms with E-state index in [1.807, 2.05) is 24.3 Å². The summed E-state index contributed by atoms with van der Waals surface area (Å²) in [5.74, 6) is 0.757. The van der Waals surface area contributed by atoms with Crippen LogP contribution in [0.25, 0.3) is 16.6 Å². The molecule has 0 spiro atoms. The van der Waals surface area contributed by atoms with Crippen molar-refractivity contribution in [3.05, 3.63) is 34.1 Å². The van der Waals surface area contributed by atoms with Gasteiger partial charge in [-0.3, -0.25) is 14.0 Å². The summed E-state index contributed by atoms with van der Waals surface area (Å²) < 4.78 is 8.93. The molecule has 0 aliphatic heterocycles. The SMILES string of the molecule is CCc1cc2c(cc3c(=O)n(CCCC(=O)O)nc(CC)n32)o1. The van der Waals surface area contributed by atoms with Gasteiger partial charge in [0.1, 0.15) is 17.1 Å². The molecule has 122 valence electrons. The standard InChI is InChI=1S/C16H19N3O4/c1-3-10-8-11-13(23-10)9-12-16(22)18(7-5-6-15(20)21)17-14(4-2)19(11)12/h8-9H,3-7H2,1-2H3,(H,20,21). The Labute approximate surface area is 132 Å². The Kier molecular flexibility index (Phi) is 3.94. The van der Waals surface area contributed by atoms with Crippen LogP contribution in [-0.2, 0) is 24.2 Å². The van der Waals surface area contributed by atoms with Gasteiger partial charge in [-0.15, -0.1) is 0 Å². The van der Waals surface area contributed by atoms with Crippen molar-refractivity contribution in [2.24, 2.45) is 0 Å². The maximum atomic E-state index is 12.6. The van der Waals surface area contributed by atoms with Crippen LogP contribution in [0.3, 0.4) is 0 Å². The minimum absolute atomic E-state index is 0.0178. The summed E-state index contributed by atoms with van der Waals surface area (Å²) >= 11 is 0. The molecule has 23 heavy (non-hydrogen) atoms. The largest absolute Gasteiger partial charge is 0.481 e. The van der Waals surface area contributed by atoms with Gasteiger partial charge in [-0.05, 0) is 6.42 Å². The Morgan fingerprint density at radius 1 is 1.26 bits per heavy atom. The van der Waals surface area contributed by atoms with Gasteiger partial charge in [0.2, 0.25) is 0 Å². The number of carbonyl (C=O) groups is 1. The third-order valence-electron chi connectivity index (χ3n) is 3.91. The molecule has 0 atom stereocenters. The van der Waals surface area contributed by atoms with Crippen molar-refractivity contribution in [2.45, 2.75) is 46.1 Å². The number of carboxylic acids is 1. The Morgan fingerprint density at radius 3 is 2.70 bits per heavy atom. The zero-order valence-corrected chi connectivity index (χ0v) is 13.2. The number of aliphatic carboxylic acids is 1. The number of nitrogens with zero attached hydrogens (tertiary/aromatic N) is 3. The summed E-state index contributed by atoms with van der Waals surface area (Å²) in [5, 5.41) is 13.1. The highest BCUT2D eigenvalue weighted by Crippen LogP contribution is 2.24. The second-order valence-corrected chi connectivity index (χ2v) is 5.48. The first kappa shape index (κ1) is 15.3. The van der Waals surface area contributed by atoms with E-state index in [-0.39, 0.29) is 12.0 Å². The number of hydrogen-bond acceptors (Lipinski definition) is 4. The molecule has 3 rings (SSSR count). The first-order chi connectivity index (χ1) is 11.0. The number of rotatable bonds is 6. The second-order valence-electron chi connectivity index (χ2n) is 5.48. The monoisotopic (exact) mass is 317 g/mol. The van der Waals surface area contributed by atoms with E-state index in [4.69, 9.17) is 9.52 Å². The highest BCUT2D eigenvalue weighted by atomic mass is 16.4. The number of aryl methyl sites for hydroxylation is 3. The van der Waals surface area contributed by atoms with Crippen LogP contribution in [0.15, 0.2) is 21.3 Å². The third kappa shape index (κ3) is 2.62. The van der Waals surface area contributed by atoms with E-state index in [0.717, 1.165) is 23.5 Å². The number of furan rings is 1. The fourth-order valence-electron chi connectivity index (χ4n) is 2.78. The van der Waals surface area contributed by atoms with Crippen molar-refractivity contribution in [1.29, 1.82) is 0 Å². The zero-order chi connectivity index (χ0) is 16.6. The van der Waals surface area contributed by atoms with Crippen LogP contribution in [0.2, 0.25) is 0 Å². The van der Waals surface area contributed by atoms with Crippen LogP contribution in [0, 0.1) is 0 Å². The molecule has 3 aromatic heterocycles. The maximum Gasteiger partial charge on any atom is 0.303 e. The molecule has 3 aromatic rings. The van der Waals surface area contributed by atoms with Gasteiger partial charge < -0.3 is 9.52 Å². The van der Waals surface area contributed by atoms with Gasteiger partial charge in [-0.1, -0.05) is 13.8 Å². The minimum atomic E-state index is -0.873. The van der Waals surface area contributed by atoms with Crippen molar-refractivity contribution in [3.8, 4) is 0 Å². The second kappa shape index (κ2) is 5.91. The normalized spacial score (nSPS) is 11.6. The molecular weight excluding hydrogens is 298 g/mol. The highest BCUT2D eigenvalue weighted by molar-refractivity contribution is 5.83. The van der Waals surface area contributed by atoms with E-state index in [2.05, 4.69) is 5.10 Å². The molecule has 0 bridgehead atoms. The van der Waals surface area contributed by atoms with E-state index in [1.54, 1.807) is 6.07 Å². The summed E-state index contributed by atoms with van der Waals surface area (Å²) in [7, 11) is 0. The number of hydrogen-bond donors (Lipinski definition) is 1. The van der Waals surface area contributed by atoms with Gasteiger partial charge in [-0.25, -0.2) is 4.68 Å². The van der Waals surface area contributed by atoms with E-state index in [9.17, 15) is 9.59 Å².